The standard InChI is InChI=1S/C21H21N5O5S2/c1-11-5-4-7-26-16(11)23-17(25-8-6-22-18(28)13(25)10-15(27)31-3)12(19(26)29)9-14-20(30)24(2)21(32)33-14/h4-5,7,9,13H,6,8,10H2,1-3H3,(H,22,28)/b14-9+/t13-/m1/s1. The number of carbonyl (C=O) groups is 3. The van der Waals surface area contributed by atoms with Crippen LogP contribution in [0.4, 0.5) is 5.82 Å². The molecule has 0 unspecified atom stereocenters. The van der Waals surface area contributed by atoms with Gasteiger partial charge in [0, 0.05) is 26.3 Å². The molecule has 10 nitrogen and oxygen atoms in total. The van der Waals surface area contributed by atoms with Gasteiger partial charge in [-0.1, -0.05) is 30.0 Å². The molecular weight excluding hydrogens is 466 g/mol. The van der Waals surface area contributed by atoms with Crippen LogP contribution < -0.4 is 15.8 Å². The Morgan fingerprint density at radius 2 is 2.15 bits per heavy atom. The third-order valence-electron chi connectivity index (χ3n) is 5.52. The van der Waals surface area contributed by atoms with E-state index in [2.05, 4.69) is 5.32 Å². The minimum absolute atomic E-state index is 0.136. The van der Waals surface area contributed by atoms with Gasteiger partial charge in [-0.25, -0.2) is 4.98 Å². The van der Waals surface area contributed by atoms with E-state index in [0.717, 1.165) is 17.3 Å². The number of thiocarbonyl (C=S) groups is 1. The van der Waals surface area contributed by atoms with Crippen molar-refractivity contribution in [2.75, 3.05) is 32.1 Å². The summed E-state index contributed by atoms with van der Waals surface area (Å²) in [6.07, 6.45) is 2.84. The lowest BCUT2D eigenvalue weighted by Crippen LogP contribution is -2.57. The molecule has 33 heavy (non-hydrogen) atoms. The molecule has 0 aliphatic carbocycles. The summed E-state index contributed by atoms with van der Waals surface area (Å²) in [5, 5.41) is 2.74. The summed E-state index contributed by atoms with van der Waals surface area (Å²) in [5.74, 6) is -1.04. The van der Waals surface area contributed by atoms with Crippen molar-refractivity contribution in [3.05, 3.63) is 44.7 Å². The van der Waals surface area contributed by atoms with E-state index in [1.807, 2.05) is 13.0 Å². The molecule has 2 amide bonds. The van der Waals surface area contributed by atoms with E-state index in [9.17, 15) is 19.2 Å². The molecule has 2 aliphatic rings. The molecule has 0 saturated carbocycles. The summed E-state index contributed by atoms with van der Waals surface area (Å²) >= 11 is 6.29. The number of hydrogen-bond acceptors (Lipinski definition) is 9. The van der Waals surface area contributed by atoms with Gasteiger partial charge in [-0.05, 0) is 24.6 Å². The van der Waals surface area contributed by atoms with Crippen LogP contribution in [0.25, 0.3) is 11.7 Å². The van der Waals surface area contributed by atoms with Crippen LogP contribution in [0.5, 0.6) is 0 Å². The molecule has 4 rings (SSSR count). The zero-order chi connectivity index (χ0) is 23.9. The molecule has 1 N–H and O–H groups in total. The van der Waals surface area contributed by atoms with Gasteiger partial charge in [-0.2, -0.15) is 0 Å². The number of nitrogens with zero attached hydrogens (tertiary/aromatic N) is 4. The van der Waals surface area contributed by atoms with Gasteiger partial charge in [0.1, 0.15) is 21.8 Å². The van der Waals surface area contributed by atoms with Crippen molar-refractivity contribution >= 4 is 63.6 Å². The molecule has 4 heterocycles. The molecule has 0 aromatic carbocycles. The van der Waals surface area contributed by atoms with Crippen LogP contribution in [0.2, 0.25) is 0 Å². The molecule has 2 aromatic heterocycles. The summed E-state index contributed by atoms with van der Waals surface area (Å²) < 4.78 is 6.54. The van der Waals surface area contributed by atoms with Gasteiger partial charge in [0.2, 0.25) is 5.91 Å². The molecule has 0 bridgehead atoms. The zero-order valence-corrected chi connectivity index (χ0v) is 19.8. The van der Waals surface area contributed by atoms with Crippen molar-refractivity contribution in [3.8, 4) is 0 Å². The minimum Gasteiger partial charge on any atom is -0.469 e. The number of nitrogens with one attached hydrogen (secondary N) is 1. The van der Waals surface area contributed by atoms with Crippen molar-refractivity contribution in [1.29, 1.82) is 0 Å². The van der Waals surface area contributed by atoms with Crippen LogP contribution in [-0.2, 0) is 19.1 Å². The smallest absolute Gasteiger partial charge is 0.308 e. The summed E-state index contributed by atoms with van der Waals surface area (Å²) in [6, 6.07) is 2.63. The van der Waals surface area contributed by atoms with Gasteiger partial charge in [-0.3, -0.25) is 28.5 Å². The van der Waals surface area contributed by atoms with Crippen molar-refractivity contribution in [2.45, 2.75) is 19.4 Å². The van der Waals surface area contributed by atoms with Crippen LogP contribution in [0.1, 0.15) is 17.5 Å². The van der Waals surface area contributed by atoms with E-state index in [-0.39, 0.29) is 34.5 Å². The van der Waals surface area contributed by atoms with Gasteiger partial charge in [0.15, 0.2) is 0 Å². The average Bonchev–Trinajstić information content (AvgIpc) is 3.03. The highest BCUT2D eigenvalue weighted by Crippen LogP contribution is 2.33. The molecule has 0 spiro atoms. The number of ether oxygens (including phenoxy) is 1. The number of fused-ring (bicyclic) bond motifs is 1. The zero-order valence-electron chi connectivity index (χ0n) is 18.2. The molecule has 12 heteroatoms. The van der Waals surface area contributed by atoms with E-state index >= 15 is 0 Å². The summed E-state index contributed by atoms with van der Waals surface area (Å²) in [6.45, 7) is 2.45. The van der Waals surface area contributed by atoms with Crippen molar-refractivity contribution in [3.63, 3.8) is 0 Å². The number of thioether (sulfide) groups is 1. The van der Waals surface area contributed by atoms with Crippen LogP contribution >= 0.6 is 24.0 Å². The maximum atomic E-state index is 13.6. The van der Waals surface area contributed by atoms with E-state index < -0.39 is 17.6 Å². The Labute approximate surface area is 198 Å². The lowest BCUT2D eigenvalue weighted by Gasteiger charge is -2.36. The fraction of sp³-hybridized carbons (Fsp3) is 0.333. The Morgan fingerprint density at radius 3 is 2.82 bits per heavy atom. The van der Waals surface area contributed by atoms with E-state index in [1.165, 1.54) is 22.5 Å². The van der Waals surface area contributed by atoms with E-state index in [4.69, 9.17) is 21.9 Å². The second kappa shape index (κ2) is 8.94. The summed E-state index contributed by atoms with van der Waals surface area (Å²) in [5.41, 5.74) is 0.910. The normalized spacial score (nSPS) is 20.0. The fourth-order valence-corrected chi connectivity index (χ4v) is 4.90. The number of aromatic nitrogens is 2. The minimum atomic E-state index is -0.919. The molecular formula is C21H21N5O5S2. The largest absolute Gasteiger partial charge is 0.469 e. The second-order valence-corrected chi connectivity index (χ2v) is 9.24. The molecule has 2 aliphatic heterocycles. The maximum absolute atomic E-state index is 13.6. The Morgan fingerprint density at radius 1 is 1.39 bits per heavy atom. The van der Waals surface area contributed by atoms with Gasteiger partial charge in [0.05, 0.1) is 24.0 Å². The summed E-state index contributed by atoms with van der Waals surface area (Å²) in [7, 11) is 2.81. The highest BCUT2D eigenvalue weighted by atomic mass is 32.2. The van der Waals surface area contributed by atoms with E-state index in [1.54, 1.807) is 24.2 Å². The average molecular weight is 488 g/mol. The molecule has 2 fully saturated rings. The Bertz CT molecular complexity index is 1290. The highest BCUT2D eigenvalue weighted by Gasteiger charge is 2.36. The molecule has 2 aromatic rings. The van der Waals surface area contributed by atoms with Gasteiger partial charge in [0.25, 0.3) is 11.5 Å². The van der Waals surface area contributed by atoms with Crippen molar-refractivity contribution < 1.29 is 19.1 Å². The van der Waals surface area contributed by atoms with Crippen LogP contribution in [0.15, 0.2) is 28.0 Å². The number of likely N-dealkylation sites (N-methyl/N-ethyl adjacent to an activating group) is 1. The quantitative estimate of drug-likeness (QED) is 0.378. The Kier molecular flexibility index (Phi) is 6.21. The Balaban J connectivity index is 1.95. The third kappa shape index (κ3) is 4.11. The van der Waals surface area contributed by atoms with Gasteiger partial charge in [-0.15, -0.1) is 0 Å². The van der Waals surface area contributed by atoms with Crippen LogP contribution in [-0.4, -0.2) is 69.7 Å². The number of pyridine rings is 1. The number of methoxy groups -OCH3 is 1. The van der Waals surface area contributed by atoms with Gasteiger partial charge < -0.3 is 15.0 Å². The predicted octanol–water partition coefficient (Wildman–Crippen LogP) is 0.702. The molecule has 2 saturated heterocycles. The predicted molar refractivity (Wildman–Crippen MR) is 128 cm³/mol. The van der Waals surface area contributed by atoms with Crippen LogP contribution in [0, 0.1) is 6.92 Å². The summed E-state index contributed by atoms with van der Waals surface area (Å²) in [4.78, 5) is 58.8. The number of rotatable bonds is 4. The number of piperazine rings is 1. The molecule has 1 atom stereocenters. The number of aryl methyl sites for hydroxylation is 1. The number of hydrogen-bond donors (Lipinski definition) is 1. The Hall–Kier alpha value is -3.25. The number of esters is 1. The number of carbonyl (C=O) groups excluding carboxylic acids is 3. The fourth-order valence-electron chi connectivity index (χ4n) is 3.73. The third-order valence-corrected chi connectivity index (χ3v) is 7.00. The highest BCUT2D eigenvalue weighted by molar-refractivity contribution is 8.26. The topological polar surface area (TPSA) is 113 Å². The molecule has 172 valence electrons. The first-order valence-electron chi connectivity index (χ1n) is 10.1. The SMILES string of the molecule is COC(=O)C[C@@H]1C(=O)NCCN1c1nc2c(C)cccn2c(=O)c1/C=C1/SC(=S)N(C)C1=O. The maximum Gasteiger partial charge on any atom is 0.308 e. The molecule has 0 radical (unpaired) electrons. The number of anilines is 1. The van der Waals surface area contributed by atoms with Crippen molar-refractivity contribution in [2.24, 2.45) is 0 Å². The first-order chi connectivity index (χ1) is 15.7. The first kappa shape index (κ1) is 22.9. The number of amides is 2. The van der Waals surface area contributed by atoms with Gasteiger partial charge >= 0.3 is 5.97 Å². The van der Waals surface area contributed by atoms with Crippen molar-refractivity contribution in [1.82, 2.24) is 19.6 Å². The first-order valence-corrected chi connectivity index (χ1v) is 11.3. The monoisotopic (exact) mass is 487 g/mol. The lowest BCUT2D eigenvalue weighted by atomic mass is 10.1. The van der Waals surface area contributed by atoms with Crippen LogP contribution in [0.3, 0.4) is 0 Å². The lowest BCUT2D eigenvalue weighted by molar-refractivity contribution is -0.143. The van der Waals surface area contributed by atoms with E-state index in [0.29, 0.717) is 23.1 Å². The second-order valence-electron chi connectivity index (χ2n) is 7.56.